The number of nitrogens with one attached hydrogen (secondary N) is 1. The lowest BCUT2D eigenvalue weighted by Gasteiger charge is -1.99. The Morgan fingerprint density at radius 3 is 2.75 bits per heavy atom. The fourth-order valence-corrected chi connectivity index (χ4v) is 0.864. The molecular formula is C9H15NO2. The van der Waals surface area contributed by atoms with E-state index in [2.05, 4.69) is 11.2 Å². The quantitative estimate of drug-likeness (QED) is 0.439. The van der Waals surface area contributed by atoms with Crippen molar-refractivity contribution in [1.82, 2.24) is 5.32 Å². The molecule has 0 spiro atoms. The van der Waals surface area contributed by atoms with Gasteiger partial charge in [0, 0.05) is 6.42 Å². The van der Waals surface area contributed by atoms with Gasteiger partial charge in [0.15, 0.2) is 0 Å². The van der Waals surface area contributed by atoms with Crippen molar-refractivity contribution >= 4 is 5.97 Å². The summed E-state index contributed by atoms with van der Waals surface area (Å²) in [5.74, 6) is 1.76. The lowest BCUT2D eigenvalue weighted by Crippen LogP contribution is -2.14. The summed E-state index contributed by atoms with van der Waals surface area (Å²) in [6, 6.07) is 0. The number of carboxylic acid groups (broad SMARTS) is 1. The van der Waals surface area contributed by atoms with Crippen molar-refractivity contribution in [3.8, 4) is 12.3 Å². The van der Waals surface area contributed by atoms with Crippen molar-refractivity contribution in [2.24, 2.45) is 0 Å². The molecule has 0 aliphatic heterocycles. The second-order valence-electron chi connectivity index (χ2n) is 2.59. The van der Waals surface area contributed by atoms with Crippen LogP contribution in [-0.2, 0) is 4.79 Å². The van der Waals surface area contributed by atoms with Crippen molar-refractivity contribution in [2.45, 2.75) is 25.7 Å². The van der Waals surface area contributed by atoms with Gasteiger partial charge in [0.2, 0.25) is 0 Å². The third kappa shape index (κ3) is 8.99. The van der Waals surface area contributed by atoms with Crippen LogP contribution in [0.15, 0.2) is 0 Å². The average Bonchev–Trinajstić information content (AvgIpc) is 2.02. The Morgan fingerprint density at radius 2 is 2.17 bits per heavy atom. The van der Waals surface area contributed by atoms with Gasteiger partial charge in [-0.1, -0.05) is 12.3 Å². The Hall–Kier alpha value is -1.01. The van der Waals surface area contributed by atoms with Crippen LogP contribution in [-0.4, -0.2) is 24.2 Å². The Labute approximate surface area is 73.2 Å². The zero-order valence-electron chi connectivity index (χ0n) is 7.18. The molecule has 0 aromatic carbocycles. The van der Waals surface area contributed by atoms with E-state index in [4.69, 9.17) is 11.5 Å². The van der Waals surface area contributed by atoms with E-state index in [9.17, 15) is 4.79 Å². The Morgan fingerprint density at radius 1 is 1.42 bits per heavy atom. The van der Waals surface area contributed by atoms with Crippen LogP contribution in [0.2, 0.25) is 0 Å². The fraction of sp³-hybridized carbons (Fsp3) is 0.667. The van der Waals surface area contributed by atoms with Gasteiger partial charge in [-0.25, -0.2) is 0 Å². The maximum atomic E-state index is 10.1. The summed E-state index contributed by atoms with van der Waals surface area (Å²) in [5.41, 5.74) is 0. The molecule has 2 N–H and O–H groups in total. The minimum atomic E-state index is -0.716. The standard InChI is InChI=1S/C9H15NO2/c1-2-7-10-8-5-3-4-6-9(11)12/h1,10H,3-8H2,(H,11,12). The van der Waals surface area contributed by atoms with Crippen LogP contribution in [0.5, 0.6) is 0 Å². The van der Waals surface area contributed by atoms with Crippen molar-refractivity contribution in [3.05, 3.63) is 0 Å². The highest BCUT2D eigenvalue weighted by atomic mass is 16.4. The second kappa shape index (κ2) is 8.09. The molecule has 3 heteroatoms. The Balaban J connectivity index is 2.92. The van der Waals surface area contributed by atoms with E-state index in [0.29, 0.717) is 6.54 Å². The molecule has 0 radical (unpaired) electrons. The Bertz CT molecular complexity index is 160. The highest BCUT2D eigenvalue weighted by molar-refractivity contribution is 5.66. The van der Waals surface area contributed by atoms with Crippen molar-refractivity contribution in [1.29, 1.82) is 0 Å². The van der Waals surface area contributed by atoms with Gasteiger partial charge in [-0.15, -0.1) is 6.42 Å². The number of unbranched alkanes of at least 4 members (excludes halogenated alkanes) is 2. The molecule has 0 saturated heterocycles. The molecule has 0 aromatic rings. The maximum Gasteiger partial charge on any atom is 0.303 e. The molecule has 0 aromatic heterocycles. The van der Waals surface area contributed by atoms with E-state index in [1.807, 2.05) is 0 Å². The fourth-order valence-electron chi connectivity index (χ4n) is 0.864. The molecule has 0 heterocycles. The lowest BCUT2D eigenvalue weighted by atomic mass is 10.2. The second-order valence-corrected chi connectivity index (χ2v) is 2.59. The van der Waals surface area contributed by atoms with Gasteiger partial charge in [0.25, 0.3) is 0 Å². The smallest absolute Gasteiger partial charge is 0.303 e. The van der Waals surface area contributed by atoms with E-state index < -0.39 is 5.97 Å². The molecule has 0 aliphatic carbocycles. The van der Waals surface area contributed by atoms with Gasteiger partial charge in [-0.3, -0.25) is 4.79 Å². The van der Waals surface area contributed by atoms with Crippen LogP contribution in [0.3, 0.4) is 0 Å². The molecule has 0 amide bonds. The number of aliphatic carboxylic acids is 1. The molecule has 0 aliphatic rings. The van der Waals surface area contributed by atoms with E-state index >= 15 is 0 Å². The molecule has 3 nitrogen and oxygen atoms in total. The first kappa shape index (κ1) is 11.0. The largest absolute Gasteiger partial charge is 0.481 e. The number of carboxylic acids is 1. The predicted octanol–water partition coefficient (Wildman–Crippen LogP) is 0.854. The topological polar surface area (TPSA) is 49.3 Å². The Kier molecular flexibility index (Phi) is 7.41. The molecule has 0 atom stereocenters. The van der Waals surface area contributed by atoms with Crippen LogP contribution < -0.4 is 5.32 Å². The van der Waals surface area contributed by atoms with Crippen LogP contribution in [0.25, 0.3) is 0 Å². The molecule has 0 rings (SSSR count). The number of terminal acetylenes is 1. The van der Waals surface area contributed by atoms with Gasteiger partial charge in [0.05, 0.1) is 6.54 Å². The highest BCUT2D eigenvalue weighted by Gasteiger charge is 1.95. The number of hydrogen-bond donors (Lipinski definition) is 2. The third-order valence-electron chi connectivity index (χ3n) is 1.47. The van der Waals surface area contributed by atoms with Crippen LogP contribution in [0.4, 0.5) is 0 Å². The van der Waals surface area contributed by atoms with E-state index in [0.717, 1.165) is 25.8 Å². The maximum absolute atomic E-state index is 10.1. The minimum absolute atomic E-state index is 0.273. The van der Waals surface area contributed by atoms with E-state index in [1.165, 1.54) is 0 Å². The number of carbonyl (C=O) groups is 1. The number of hydrogen-bond acceptors (Lipinski definition) is 2. The van der Waals surface area contributed by atoms with Gasteiger partial charge in [-0.05, 0) is 19.4 Å². The summed E-state index contributed by atoms with van der Waals surface area (Å²) in [6.45, 7) is 1.47. The van der Waals surface area contributed by atoms with Crippen molar-refractivity contribution in [3.63, 3.8) is 0 Å². The molecular weight excluding hydrogens is 154 g/mol. The minimum Gasteiger partial charge on any atom is -0.481 e. The van der Waals surface area contributed by atoms with Crippen LogP contribution in [0.1, 0.15) is 25.7 Å². The summed E-state index contributed by atoms with van der Waals surface area (Å²) < 4.78 is 0. The zero-order chi connectivity index (χ0) is 9.23. The van der Waals surface area contributed by atoms with Crippen molar-refractivity contribution in [2.75, 3.05) is 13.1 Å². The third-order valence-corrected chi connectivity index (χ3v) is 1.47. The van der Waals surface area contributed by atoms with Gasteiger partial charge < -0.3 is 10.4 Å². The highest BCUT2D eigenvalue weighted by Crippen LogP contribution is 1.97. The summed E-state index contributed by atoms with van der Waals surface area (Å²) in [6.07, 6.45) is 7.99. The van der Waals surface area contributed by atoms with Crippen LogP contribution in [0, 0.1) is 12.3 Å². The van der Waals surface area contributed by atoms with Gasteiger partial charge in [-0.2, -0.15) is 0 Å². The monoisotopic (exact) mass is 169 g/mol. The molecule has 0 saturated carbocycles. The average molecular weight is 169 g/mol. The van der Waals surface area contributed by atoms with Crippen molar-refractivity contribution < 1.29 is 9.90 Å². The van der Waals surface area contributed by atoms with Gasteiger partial charge >= 0.3 is 5.97 Å². The van der Waals surface area contributed by atoms with Crippen LogP contribution >= 0.6 is 0 Å². The summed E-state index contributed by atoms with van der Waals surface area (Å²) in [7, 11) is 0. The SMILES string of the molecule is C#CCNCCCCCC(=O)O. The normalized spacial score (nSPS) is 9.25. The van der Waals surface area contributed by atoms with E-state index in [-0.39, 0.29) is 6.42 Å². The molecule has 0 bridgehead atoms. The molecule has 0 unspecified atom stereocenters. The van der Waals surface area contributed by atoms with E-state index in [1.54, 1.807) is 0 Å². The van der Waals surface area contributed by atoms with Gasteiger partial charge in [0.1, 0.15) is 0 Å². The molecule has 12 heavy (non-hydrogen) atoms. The molecule has 68 valence electrons. The number of rotatable bonds is 7. The summed E-state index contributed by atoms with van der Waals surface area (Å²) >= 11 is 0. The zero-order valence-corrected chi connectivity index (χ0v) is 7.18. The summed E-state index contributed by atoms with van der Waals surface area (Å²) in [5, 5.41) is 11.4. The molecule has 0 fully saturated rings. The predicted molar refractivity (Wildman–Crippen MR) is 47.8 cm³/mol. The first-order valence-electron chi connectivity index (χ1n) is 4.13. The lowest BCUT2D eigenvalue weighted by molar-refractivity contribution is -0.137. The first-order valence-corrected chi connectivity index (χ1v) is 4.13. The first-order chi connectivity index (χ1) is 5.77. The summed E-state index contributed by atoms with van der Waals surface area (Å²) in [4.78, 5) is 10.1.